The molecular weight excluding hydrogens is 212 g/mol. The number of carbonyl (C=O) groups excluding carboxylic acids is 1. The first kappa shape index (κ1) is 14.5. The third-order valence-electron chi connectivity index (χ3n) is 4.02. The van der Waals surface area contributed by atoms with E-state index in [1.54, 1.807) is 0 Å². The van der Waals surface area contributed by atoms with Crippen molar-refractivity contribution >= 4 is 5.91 Å². The molecule has 2 atom stereocenters. The molecule has 0 radical (unpaired) electrons. The Morgan fingerprint density at radius 2 is 1.82 bits per heavy atom. The highest BCUT2D eigenvalue weighted by Crippen LogP contribution is 2.25. The topological polar surface area (TPSA) is 55.1 Å². The molecule has 1 aliphatic rings. The van der Waals surface area contributed by atoms with Gasteiger partial charge in [0.2, 0.25) is 5.91 Å². The third kappa shape index (κ3) is 5.07. The smallest absolute Gasteiger partial charge is 0.223 e. The van der Waals surface area contributed by atoms with Gasteiger partial charge in [-0.2, -0.15) is 0 Å². The molecule has 0 aromatic rings. The van der Waals surface area contributed by atoms with Crippen LogP contribution in [0.15, 0.2) is 0 Å². The van der Waals surface area contributed by atoms with E-state index in [9.17, 15) is 4.79 Å². The molecule has 0 saturated heterocycles. The highest BCUT2D eigenvalue weighted by molar-refractivity contribution is 5.78. The van der Waals surface area contributed by atoms with Crippen LogP contribution in [0.2, 0.25) is 0 Å². The van der Waals surface area contributed by atoms with Gasteiger partial charge >= 0.3 is 0 Å². The highest BCUT2D eigenvalue weighted by atomic mass is 16.1. The van der Waals surface area contributed by atoms with Crippen LogP contribution >= 0.6 is 0 Å². The van der Waals surface area contributed by atoms with E-state index in [4.69, 9.17) is 5.73 Å². The Morgan fingerprint density at radius 3 is 2.35 bits per heavy atom. The van der Waals surface area contributed by atoms with E-state index in [0.29, 0.717) is 18.5 Å². The summed E-state index contributed by atoms with van der Waals surface area (Å²) in [5, 5.41) is 3.17. The lowest BCUT2D eigenvalue weighted by Gasteiger charge is -2.25. The maximum Gasteiger partial charge on any atom is 0.223 e. The van der Waals surface area contributed by atoms with Gasteiger partial charge in [-0.3, -0.25) is 4.79 Å². The van der Waals surface area contributed by atoms with Crippen molar-refractivity contribution in [1.29, 1.82) is 0 Å². The van der Waals surface area contributed by atoms with Crippen LogP contribution < -0.4 is 11.1 Å². The second-order valence-electron chi connectivity index (χ2n) is 5.53. The van der Waals surface area contributed by atoms with E-state index < -0.39 is 0 Å². The Bertz CT molecular complexity index is 222. The molecule has 1 unspecified atom stereocenters. The first-order chi connectivity index (χ1) is 8.15. The number of nitrogens with two attached hydrogens (primary N) is 1. The summed E-state index contributed by atoms with van der Waals surface area (Å²) in [4.78, 5) is 11.9. The van der Waals surface area contributed by atoms with Gasteiger partial charge in [-0.05, 0) is 38.6 Å². The molecule has 0 aromatic heterocycles. The summed E-state index contributed by atoms with van der Waals surface area (Å²) in [5.74, 6) is 0.895. The molecule has 3 heteroatoms. The average molecular weight is 240 g/mol. The first-order valence-electron chi connectivity index (χ1n) is 7.15. The monoisotopic (exact) mass is 240 g/mol. The molecule has 0 aliphatic heterocycles. The Kier molecular flexibility index (Phi) is 6.56. The minimum Gasteiger partial charge on any atom is -0.353 e. The van der Waals surface area contributed by atoms with Crippen LogP contribution in [-0.2, 0) is 4.79 Å². The molecule has 100 valence electrons. The quantitative estimate of drug-likeness (QED) is 0.725. The molecule has 1 saturated carbocycles. The Balaban J connectivity index is 2.35. The summed E-state index contributed by atoms with van der Waals surface area (Å²) in [6.45, 7) is 4.71. The lowest BCUT2D eigenvalue weighted by molar-refractivity contribution is -0.125. The molecule has 0 spiro atoms. The molecule has 1 fully saturated rings. The van der Waals surface area contributed by atoms with Crippen LogP contribution in [0, 0.1) is 11.8 Å². The van der Waals surface area contributed by atoms with Crippen molar-refractivity contribution < 1.29 is 4.79 Å². The number of hydrogen-bond donors (Lipinski definition) is 2. The fraction of sp³-hybridized carbons (Fsp3) is 0.929. The van der Waals surface area contributed by atoms with Crippen LogP contribution in [0.5, 0.6) is 0 Å². The van der Waals surface area contributed by atoms with Crippen LogP contribution in [0.3, 0.4) is 0 Å². The fourth-order valence-electron chi connectivity index (χ4n) is 2.68. The maximum atomic E-state index is 11.9. The summed E-state index contributed by atoms with van der Waals surface area (Å²) in [6.07, 6.45) is 8.69. The van der Waals surface area contributed by atoms with Crippen molar-refractivity contribution in [2.24, 2.45) is 17.6 Å². The van der Waals surface area contributed by atoms with Gasteiger partial charge in [0.15, 0.2) is 0 Å². The van der Waals surface area contributed by atoms with E-state index in [1.807, 2.05) is 6.92 Å². The van der Waals surface area contributed by atoms with Crippen molar-refractivity contribution in [3.8, 4) is 0 Å². The second kappa shape index (κ2) is 7.70. The zero-order valence-electron chi connectivity index (χ0n) is 11.4. The van der Waals surface area contributed by atoms with Crippen molar-refractivity contribution in [2.45, 2.75) is 64.8 Å². The lowest BCUT2D eigenvalue weighted by atomic mass is 9.92. The number of amides is 1. The molecule has 1 aliphatic carbocycles. The van der Waals surface area contributed by atoms with Crippen molar-refractivity contribution in [1.82, 2.24) is 5.32 Å². The zero-order valence-corrected chi connectivity index (χ0v) is 11.4. The minimum atomic E-state index is 0.0493. The van der Waals surface area contributed by atoms with Crippen LogP contribution in [0.25, 0.3) is 0 Å². The summed E-state index contributed by atoms with van der Waals surface area (Å²) in [5.41, 5.74) is 5.48. The van der Waals surface area contributed by atoms with E-state index in [0.717, 1.165) is 6.42 Å². The predicted octanol–water partition coefficient (Wildman–Crippen LogP) is 2.45. The molecule has 0 aromatic carbocycles. The Labute approximate surface area is 106 Å². The molecule has 17 heavy (non-hydrogen) atoms. The Hall–Kier alpha value is -0.570. The Morgan fingerprint density at radius 1 is 1.24 bits per heavy atom. The molecule has 3 nitrogen and oxygen atoms in total. The van der Waals surface area contributed by atoms with Gasteiger partial charge in [-0.25, -0.2) is 0 Å². The molecule has 1 rings (SSSR count). The largest absolute Gasteiger partial charge is 0.353 e. The van der Waals surface area contributed by atoms with Crippen molar-refractivity contribution in [2.75, 3.05) is 6.54 Å². The van der Waals surface area contributed by atoms with E-state index >= 15 is 0 Å². The number of carbonyl (C=O) groups is 1. The predicted molar refractivity (Wildman–Crippen MR) is 71.6 cm³/mol. The van der Waals surface area contributed by atoms with Crippen LogP contribution in [0.1, 0.15) is 58.8 Å². The zero-order chi connectivity index (χ0) is 12.7. The first-order valence-corrected chi connectivity index (χ1v) is 7.15. The molecule has 1 amide bonds. The van der Waals surface area contributed by atoms with Gasteiger partial charge in [0.1, 0.15) is 0 Å². The molecular formula is C14H28N2O. The molecule has 3 N–H and O–H groups in total. The molecule has 0 bridgehead atoms. The number of rotatable bonds is 5. The summed E-state index contributed by atoms with van der Waals surface area (Å²) in [6, 6.07) is 0.320. The SMILES string of the molecule is CC(CCN)C(=O)N[C@@H](C)C1CCCCCC1. The summed E-state index contributed by atoms with van der Waals surface area (Å²) >= 11 is 0. The normalized spacial score (nSPS) is 21.6. The van der Waals surface area contributed by atoms with Crippen LogP contribution in [0.4, 0.5) is 0 Å². The maximum absolute atomic E-state index is 11.9. The van der Waals surface area contributed by atoms with Crippen LogP contribution in [-0.4, -0.2) is 18.5 Å². The second-order valence-corrected chi connectivity index (χ2v) is 5.53. The van der Waals surface area contributed by atoms with E-state index in [1.165, 1.54) is 38.5 Å². The van der Waals surface area contributed by atoms with E-state index in [2.05, 4.69) is 12.2 Å². The number of hydrogen-bond acceptors (Lipinski definition) is 2. The highest BCUT2D eigenvalue weighted by Gasteiger charge is 2.22. The minimum absolute atomic E-state index is 0.0493. The van der Waals surface area contributed by atoms with Gasteiger partial charge in [0.25, 0.3) is 0 Å². The summed E-state index contributed by atoms with van der Waals surface area (Å²) in [7, 11) is 0. The average Bonchev–Trinajstić information content (AvgIpc) is 2.57. The van der Waals surface area contributed by atoms with E-state index in [-0.39, 0.29) is 11.8 Å². The van der Waals surface area contributed by atoms with Crippen molar-refractivity contribution in [3.63, 3.8) is 0 Å². The molecule has 0 heterocycles. The third-order valence-corrected chi connectivity index (χ3v) is 4.02. The van der Waals surface area contributed by atoms with Gasteiger partial charge in [0, 0.05) is 12.0 Å². The number of nitrogens with one attached hydrogen (secondary N) is 1. The summed E-state index contributed by atoms with van der Waals surface area (Å²) < 4.78 is 0. The standard InChI is InChI=1S/C14H28N2O/c1-11(9-10-15)14(17)16-12(2)13-7-5-3-4-6-8-13/h11-13H,3-10,15H2,1-2H3,(H,16,17)/t11?,12-/m0/s1. The fourth-order valence-corrected chi connectivity index (χ4v) is 2.68. The van der Waals surface area contributed by atoms with Gasteiger partial charge in [-0.15, -0.1) is 0 Å². The van der Waals surface area contributed by atoms with Gasteiger partial charge in [0.05, 0.1) is 0 Å². The lowest BCUT2D eigenvalue weighted by Crippen LogP contribution is -2.41. The van der Waals surface area contributed by atoms with Gasteiger partial charge < -0.3 is 11.1 Å². The van der Waals surface area contributed by atoms with Gasteiger partial charge in [-0.1, -0.05) is 32.6 Å². The van der Waals surface area contributed by atoms with Crippen molar-refractivity contribution in [3.05, 3.63) is 0 Å².